The Labute approximate surface area is 101 Å². The molecule has 0 spiro atoms. The first kappa shape index (κ1) is 13.3. The van der Waals surface area contributed by atoms with Crippen LogP contribution < -0.4 is 0 Å². The van der Waals surface area contributed by atoms with Gasteiger partial charge in [-0.1, -0.05) is 75.8 Å². The van der Waals surface area contributed by atoms with Crippen molar-refractivity contribution in [3.05, 3.63) is 42.3 Å². The fourth-order valence-electron chi connectivity index (χ4n) is 1.86. The van der Waals surface area contributed by atoms with Crippen LogP contribution in [0, 0.1) is 6.42 Å². The van der Waals surface area contributed by atoms with E-state index in [2.05, 4.69) is 43.7 Å². The SMILES string of the molecule is CCCCCCCC[C]Cc1ccccc1. The summed E-state index contributed by atoms with van der Waals surface area (Å²) in [5.74, 6) is 0. The van der Waals surface area contributed by atoms with E-state index in [1.165, 1.54) is 44.1 Å². The predicted molar refractivity (Wildman–Crippen MR) is 71.4 cm³/mol. The molecular formula is C16H24. The highest BCUT2D eigenvalue weighted by Crippen LogP contribution is 2.10. The highest BCUT2D eigenvalue weighted by Gasteiger charge is 1.94. The first-order valence-corrected chi connectivity index (χ1v) is 6.68. The Hall–Kier alpha value is -0.780. The molecule has 1 rings (SSSR count). The molecule has 88 valence electrons. The van der Waals surface area contributed by atoms with Gasteiger partial charge in [-0.3, -0.25) is 0 Å². The minimum absolute atomic E-state index is 1.01. The third kappa shape index (κ3) is 6.66. The van der Waals surface area contributed by atoms with E-state index in [4.69, 9.17) is 0 Å². The summed E-state index contributed by atoms with van der Waals surface area (Å²) in [5, 5.41) is 0. The summed E-state index contributed by atoms with van der Waals surface area (Å²) in [5.41, 5.74) is 1.38. The lowest BCUT2D eigenvalue weighted by molar-refractivity contribution is 0.603. The fourth-order valence-corrected chi connectivity index (χ4v) is 1.86. The number of hydrogen-bond acceptors (Lipinski definition) is 0. The maximum atomic E-state index is 3.49. The summed E-state index contributed by atoms with van der Waals surface area (Å²) in [6, 6.07) is 10.6. The average Bonchev–Trinajstić information content (AvgIpc) is 2.34. The summed E-state index contributed by atoms with van der Waals surface area (Å²) in [6.45, 7) is 2.27. The van der Waals surface area contributed by atoms with Crippen LogP contribution in [0.4, 0.5) is 0 Å². The smallest absolute Gasteiger partial charge is 0.0126 e. The van der Waals surface area contributed by atoms with E-state index >= 15 is 0 Å². The van der Waals surface area contributed by atoms with Gasteiger partial charge >= 0.3 is 0 Å². The van der Waals surface area contributed by atoms with Crippen LogP contribution in [0.5, 0.6) is 0 Å². The van der Waals surface area contributed by atoms with Crippen molar-refractivity contribution >= 4 is 0 Å². The van der Waals surface area contributed by atoms with Crippen molar-refractivity contribution in [3.8, 4) is 0 Å². The molecule has 0 aliphatic rings. The third-order valence-corrected chi connectivity index (χ3v) is 2.88. The summed E-state index contributed by atoms with van der Waals surface area (Å²) in [6.07, 6.45) is 13.9. The van der Waals surface area contributed by atoms with Crippen LogP contribution >= 0.6 is 0 Å². The molecule has 0 nitrogen and oxygen atoms in total. The molecule has 0 unspecified atom stereocenters. The van der Waals surface area contributed by atoms with Gasteiger partial charge in [-0.2, -0.15) is 0 Å². The van der Waals surface area contributed by atoms with Crippen molar-refractivity contribution in [1.82, 2.24) is 0 Å². The van der Waals surface area contributed by atoms with Gasteiger partial charge in [0.1, 0.15) is 0 Å². The van der Waals surface area contributed by atoms with Gasteiger partial charge in [0.15, 0.2) is 0 Å². The number of benzene rings is 1. The Morgan fingerprint density at radius 3 is 2.31 bits per heavy atom. The van der Waals surface area contributed by atoms with Crippen LogP contribution in [0.1, 0.15) is 57.4 Å². The molecular weight excluding hydrogens is 192 g/mol. The van der Waals surface area contributed by atoms with Gasteiger partial charge in [-0.25, -0.2) is 0 Å². The summed E-state index contributed by atoms with van der Waals surface area (Å²) in [7, 11) is 0. The second-order valence-corrected chi connectivity index (χ2v) is 4.43. The summed E-state index contributed by atoms with van der Waals surface area (Å²) in [4.78, 5) is 0. The zero-order valence-electron chi connectivity index (χ0n) is 10.5. The van der Waals surface area contributed by atoms with Gasteiger partial charge in [0.25, 0.3) is 0 Å². The van der Waals surface area contributed by atoms with Crippen molar-refractivity contribution in [3.63, 3.8) is 0 Å². The number of hydrogen-bond donors (Lipinski definition) is 0. The van der Waals surface area contributed by atoms with Crippen molar-refractivity contribution in [1.29, 1.82) is 0 Å². The number of unbranched alkanes of at least 4 members (excludes halogenated alkanes) is 7. The van der Waals surface area contributed by atoms with E-state index in [-0.39, 0.29) is 0 Å². The molecule has 1 aromatic carbocycles. The van der Waals surface area contributed by atoms with Crippen LogP contribution in [0.25, 0.3) is 0 Å². The average molecular weight is 216 g/mol. The Bertz CT molecular complexity index is 237. The van der Waals surface area contributed by atoms with Gasteiger partial charge in [-0.05, 0) is 24.8 Å². The van der Waals surface area contributed by atoms with Crippen molar-refractivity contribution in [2.45, 2.75) is 58.3 Å². The molecule has 1 aromatic rings. The standard InChI is InChI=1S/C16H24/c1-2-3-4-5-6-7-8-10-13-16-14-11-9-12-15-16/h9,11-12,14-15H,2-8,13H2,1H3. The topological polar surface area (TPSA) is 0 Å². The van der Waals surface area contributed by atoms with Crippen LogP contribution in [0.2, 0.25) is 0 Å². The van der Waals surface area contributed by atoms with E-state index < -0.39 is 0 Å². The Morgan fingerprint density at radius 1 is 0.875 bits per heavy atom. The highest BCUT2D eigenvalue weighted by atomic mass is 14.0. The maximum absolute atomic E-state index is 3.49. The Kier molecular flexibility index (Phi) is 7.84. The molecule has 0 fully saturated rings. The van der Waals surface area contributed by atoms with Crippen molar-refractivity contribution in [2.75, 3.05) is 0 Å². The lowest BCUT2D eigenvalue weighted by Gasteiger charge is -2.01. The fraction of sp³-hybridized carbons (Fsp3) is 0.562. The molecule has 0 bridgehead atoms. The van der Waals surface area contributed by atoms with Crippen LogP contribution in [-0.2, 0) is 6.42 Å². The van der Waals surface area contributed by atoms with E-state index in [0.29, 0.717) is 0 Å². The van der Waals surface area contributed by atoms with Crippen molar-refractivity contribution < 1.29 is 0 Å². The van der Waals surface area contributed by atoms with E-state index in [1.807, 2.05) is 0 Å². The predicted octanol–water partition coefficient (Wildman–Crippen LogP) is 5.06. The minimum atomic E-state index is 1.01. The molecule has 0 aliphatic heterocycles. The zero-order chi connectivity index (χ0) is 11.5. The molecule has 2 radical (unpaired) electrons. The summed E-state index contributed by atoms with van der Waals surface area (Å²) >= 11 is 0. The van der Waals surface area contributed by atoms with Crippen molar-refractivity contribution in [2.24, 2.45) is 0 Å². The minimum Gasteiger partial charge on any atom is -0.0654 e. The molecule has 0 aliphatic carbocycles. The molecule has 0 N–H and O–H groups in total. The third-order valence-electron chi connectivity index (χ3n) is 2.88. The molecule has 0 amide bonds. The molecule has 0 heterocycles. The van der Waals surface area contributed by atoms with Gasteiger partial charge in [0.2, 0.25) is 0 Å². The first-order valence-electron chi connectivity index (χ1n) is 6.68. The van der Waals surface area contributed by atoms with E-state index in [9.17, 15) is 0 Å². The highest BCUT2D eigenvalue weighted by molar-refractivity contribution is 5.16. The Morgan fingerprint density at radius 2 is 1.56 bits per heavy atom. The first-order chi connectivity index (χ1) is 7.93. The monoisotopic (exact) mass is 216 g/mol. The van der Waals surface area contributed by atoms with E-state index in [1.54, 1.807) is 0 Å². The van der Waals surface area contributed by atoms with Gasteiger partial charge < -0.3 is 0 Å². The molecule has 0 heteroatoms. The molecule has 16 heavy (non-hydrogen) atoms. The lowest BCUT2D eigenvalue weighted by Crippen LogP contribution is -1.86. The van der Waals surface area contributed by atoms with Crippen LogP contribution in [0.3, 0.4) is 0 Å². The molecule has 0 saturated heterocycles. The second kappa shape index (κ2) is 9.45. The molecule has 0 aromatic heterocycles. The largest absolute Gasteiger partial charge is 0.0654 e. The quantitative estimate of drug-likeness (QED) is 0.506. The Balaban J connectivity index is 1.89. The maximum Gasteiger partial charge on any atom is -0.0126 e. The van der Waals surface area contributed by atoms with E-state index in [0.717, 1.165) is 12.8 Å². The van der Waals surface area contributed by atoms with Gasteiger partial charge in [-0.15, -0.1) is 0 Å². The number of rotatable bonds is 9. The normalized spacial score (nSPS) is 10.6. The molecule has 0 saturated carbocycles. The summed E-state index contributed by atoms with van der Waals surface area (Å²) < 4.78 is 0. The lowest BCUT2D eigenvalue weighted by atomic mass is 10.0. The van der Waals surface area contributed by atoms with Crippen LogP contribution in [0.15, 0.2) is 30.3 Å². The van der Waals surface area contributed by atoms with Gasteiger partial charge in [0, 0.05) is 0 Å². The second-order valence-electron chi connectivity index (χ2n) is 4.43. The van der Waals surface area contributed by atoms with Gasteiger partial charge in [0.05, 0.1) is 0 Å². The zero-order valence-corrected chi connectivity index (χ0v) is 10.5. The van der Waals surface area contributed by atoms with Crippen LogP contribution in [-0.4, -0.2) is 0 Å². The molecule has 0 atom stereocenters.